The molecule has 3 rings (SSSR count). The van der Waals surface area contributed by atoms with Gasteiger partial charge in [-0.15, -0.1) is 0 Å². The predicted molar refractivity (Wildman–Crippen MR) is 95.8 cm³/mol. The summed E-state index contributed by atoms with van der Waals surface area (Å²) in [6.07, 6.45) is 0.0407. The van der Waals surface area contributed by atoms with Gasteiger partial charge < -0.3 is 10.4 Å². The van der Waals surface area contributed by atoms with Crippen LogP contribution in [0.3, 0.4) is 0 Å². The number of benzene rings is 2. The summed E-state index contributed by atoms with van der Waals surface area (Å²) in [5.41, 5.74) is 2.48. The lowest BCUT2D eigenvalue weighted by Crippen LogP contribution is -2.39. The quantitative estimate of drug-likeness (QED) is 0.840. The molecular weight excluding hydrogens is 322 g/mol. The van der Waals surface area contributed by atoms with Crippen LogP contribution in [0.4, 0.5) is 0 Å². The molecule has 128 valence electrons. The van der Waals surface area contributed by atoms with Gasteiger partial charge in [0.2, 0.25) is 0 Å². The summed E-state index contributed by atoms with van der Waals surface area (Å²) in [5, 5.41) is 13.1. The zero-order valence-electron chi connectivity index (χ0n) is 13.5. The number of rotatable bonds is 6. The predicted octanol–water partition coefficient (Wildman–Crippen LogP) is 1.96. The number of hydrogen-bond donors (Lipinski definition) is 2. The van der Waals surface area contributed by atoms with E-state index in [1.807, 2.05) is 36.4 Å². The van der Waals surface area contributed by atoms with Crippen LogP contribution in [0.15, 0.2) is 60.7 Å². The van der Waals surface area contributed by atoms with E-state index in [4.69, 9.17) is 0 Å². The van der Waals surface area contributed by atoms with Crippen molar-refractivity contribution in [3.05, 3.63) is 71.8 Å². The highest BCUT2D eigenvalue weighted by molar-refractivity contribution is 7.91. The minimum absolute atomic E-state index is 0.0233. The van der Waals surface area contributed by atoms with Crippen LogP contribution < -0.4 is 5.32 Å². The molecule has 1 saturated heterocycles. The minimum atomic E-state index is -3.11. The second-order valence-electron chi connectivity index (χ2n) is 6.37. The monoisotopic (exact) mass is 345 g/mol. The van der Waals surface area contributed by atoms with Crippen molar-refractivity contribution >= 4 is 9.84 Å². The average molecular weight is 345 g/mol. The zero-order chi connectivity index (χ0) is 17.0. The largest absolute Gasteiger partial charge is 0.390 e. The molecule has 1 aliphatic heterocycles. The first kappa shape index (κ1) is 17.1. The number of sulfone groups is 1. The van der Waals surface area contributed by atoms with Crippen LogP contribution >= 0.6 is 0 Å². The molecule has 2 aromatic rings. The number of nitrogens with one attached hydrogen (secondary N) is 1. The Hall–Kier alpha value is -1.69. The van der Waals surface area contributed by atoms with Gasteiger partial charge in [-0.2, -0.15) is 0 Å². The second kappa shape index (κ2) is 7.47. The van der Waals surface area contributed by atoms with Crippen molar-refractivity contribution in [3.63, 3.8) is 0 Å². The van der Waals surface area contributed by atoms with Crippen LogP contribution in [0, 0.1) is 0 Å². The van der Waals surface area contributed by atoms with Crippen LogP contribution in [-0.2, 0) is 9.84 Å². The molecule has 1 fully saturated rings. The molecular formula is C19H23NO3S. The first-order valence-corrected chi connectivity index (χ1v) is 10.1. The molecule has 5 heteroatoms. The molecule has 4 nitrogen and oxygen atoms in total. The maximum atomic E-state index is 11.6. The molecule has 2 N–H and O–H groups in total. The van der Waals surface area contributed by atoms with Gasteiger partial charge in [0.05, 0.1) is 17.6 Å². The molecule has 0 spiro atoms. The minimum Gasteiger partial charge on any atom is -0.390 e. The van der Waals surface area contributed by atoms with Gasteiger partial charge in [-0.3, -0.25) is 0 Å². The Kier molecular flexibility index (Phi) is 5.33. The van der Waals surface area contributed by atoms with Gasteiger partial charge in [-0.1, -0.05) is 60.7 Å². The van der Waals surface area contributed by atoms with Crippen molar-refractivity contribution in [3.8, 4) is 0 Å². The number of aliphatic hydroxyl groups is 1. The van der Waals surface area contributed by atoms with Crippen LogP contribution in [-0.4, -0.2) is 43.7 Å². The van der Waals surface area contributed by atoms with Gasteiger partial charge in [-0.25, -0.2) is 8.42 Å². The summed E-state index contributed by atoms with van der Waals surface area (Å²) in [6, 6.07) is 20.3. The van der Waals surface area contributed by atoms with E-state index in [9.17, 15) is 13.5 Å². The molecule has 0 bridgehead atoms. The molecule has 0 radical (unpaired) electrons. The Bertz CT molecular complexity index is 707. The molecule has 1 heterocycles. The fourth-order valence-corrected chi connectivity index (χ4v) is 5.11. The van der Waals surface area contributed by atoms with E-state index in [1.165, 1.54) is 11.1 Å². The van der Waals surface area contributed by atoms with Crippen molar-refractivity contribution in [2.75, 3.05) is 18.1 Å². The van der Waals surface area contributed by atoms with Crippen molar-refractivity contribution in [2.24, 2.45) is 0 Å². The van der Waals surface area contributed by atoms with E-state index in [2.05, 4.69) is 29.6 Å². The summed E-state index contributed by atoms with van der Waals surface area (Å²) >= 11 is 0. The lowest BCUT2D eigenvalue weighted by molar-refractivity contribution is 0.166. The highest BCUT2D eigenvalue weighted by Gasteiger charge is 2.35. The molecule has 2 aromatic carbocycles. The second-order valence-corrected chi connectivity index (χ2v) is 8.52. The molecule has 1 aliphatic rings. The molecule has 0 aromatic heterocycles. The molecule has 0 saturated carbocycles. The Morgan fingerprint density at radius 3 is 1.96 bits per heavy atom. The van der Waals surface area contributed by atoms with Gasteiger partial charge in [0, 0.05) is 12.0 Å². The summed E-state index contributed by atoms with van der Waals surface area (Å²) < 4.78 is 23.2. The highest BCUT2D eigenvalue weighted by atomic mass is 32.2. The van der Waals surface area contributed by atoms with E-state index in [0.29, 0.717) is 6.54 Å². The third-order valence-electron chi connectivity index (χ3n) is 4.57. The van der Waals surface area contributed by atoms with E-state index < -0.39 is 15.9 Å². The summed E-state index contributed by atoms with van der Waals surface area (Å²) in [4.78, 5) is 0. The highest BCUT2D eigenvalue weighted by Crippen LogP contribution is 2.27. The summed E-state index contributed by atoms with van der Waals surface area (Å²) in [5.74, 6) is 0.135. The van der Waals surface area contributed by atoms with Gasteiger partial charge in [0.15, 0.2) is 9.84 Å². The molecule has 24 heavy (non-hydrogen) atoms. The third-order valence-corrected chi connectivity index (χ3v) is 6.28. The zero-order valence-corrected chi connectivity index (χ0v) is 14.3. The SMILES string of the molecule is O=S1(=O)C[C@H](NCCC(c2ccccc2)c2ccccc2)[C@@H](O)C1. The van der Waals surface area contributed by atoms with Crippen molar-refractivity contribution in [1.82, 2.24) is 5.32 Å². The number of hydrogen-bond acceptors (Lipinski definition) is 4. The van der Waals surface area contributed by atoms with Crippen molar-refractivity contribution in [2.45, 2.75) is 24.5 Å². The van der Waals surface area contributed by atoms with Gasteiger partial charge in [0.1, 0.15) is 0 Å². The maximum absolute atomic E-state index is 11.6. The van der Waals surface area contributed by atoms with Crippen LogP contribution in [0.5, 0.6) is 0 Å². The van der Waals surface area contributed by atoms with Crippen LogP contribution in [0.2, 0.25) is 0 Å². The lowest BCUT2D eigenvalue weighted by atomic mass is 9.88. The molecule has 0 aliphatic carbocycles. The first-order valence-electron chi connectivity index (χ1n) is 8.27. The van der Waals surface area contributed by atoms with E-state index in [0.717, 1.165) is 6.42 Å². The summed E-state index contributed by atoms with van der Waals surface area (Å²) in [6.45, 7) is 0.658. The Morgan fingerprint density at radius 1 is 0.958 bits per heavy atom. The van der Waals surface area contributed by atoms with Crippen molar-refractivity contribution < 1.29 is 13.5 Å². The van der Waals surface area contributed by atoms with Crippen LogP contribution in [0.1, 0.15) is 23.5 Å². The van der Waals surface area contributed by atoms with E-state index in [1.54, 1.807) is 0 Å². The number of aliphatic hydroxyl groups excluding tert-OH is 1. The van der Waals surface area contributed by atoms with Gasteiger partial charge in [-0.05, 0) is 24.1 Å². The Labute approximate surface area is 143 Å². The Balaban J connectivity index is 1.67. The standard InChI is InChI=1S/C19H23NO3S/c21-19-14-24(22,23)13-18(19)20-12-11-17(15-7-3-1-4-8-15)16-9-5-2-6-10-16/h1-10,17-21H,11-14H2/t18-,19-/m0/s1. The molecule has 0 unspecified atom stereocenters. The van der Waals surface area contributed by atoms with Gasteiger partial charge in [0.25, 0.3) is 0 Å². The van der Waals surface area contributed by atoms with Crippen LogP contribution in [0.25, 0.3) is 0 Å². The molecule has 2 atom stereocenters. The average Bonchev–Trinajstić information content (AvgIpc) is 2.85. The van der Waals surface area contributed by atoms with E-state index >= 15 is 0 Å². The normalized spacial score (nSPS) is 22.8. The third kappa shape index (κ3) is 4.23. The topological polar surface area (TPSA) is 66.4 Å². The Morgan fingerprint density at radius 2 is 1.50 bits per heavy atom. The smallest absolute Gasteiger partial charge is 0.154 e. The summed E-state index contributed by atoms with van der Waals surface area (Å²) in [7, 11) is -3.11. The van der Waals surface area contributed by atoms with E-state index in [-0.39, 0.29) is 23.5 Å². The maximum Gasteiger partial charge on any atom is 0.154 e. The first-order chi connectivity index (χ1) is 11.6. The molecule has 0 amide bonds. The fraction of sp³-hybridized carbons (Fsp3) is 0.368. The van der Waals surface area contributed by atoms with Crippen molar-refractivity contribution in [1.29, 1.82) is 0 Å². The lowest BCUT2D eigenvalue weighted by Gasteiger charge is -2.21. The van der Waals surface area contributed by atoms with Gasteiger partial charge >= 0.3 is 0 Å². The fourth-order valence-electron chi connectivity index (χ4n) is 3.33.